The van der Waals surface area contributed by atoms with Crippen molar-refractivity contribution < 1.29 is 14.6 Å². The number of carbonyl (C=O) groups excluding carboxylic acids is 1. The maximum absolute atomic E-state index is 11.2. The molecule has 1 heterocycles. The maximum atomic E-state index is 11.2. The van der Waals surface area contributed by atoms with Crippen molar-refractivity contribution in [2.75, 3.05) is 20.2 Å². The average Bonchev–Trinajstić information content (AvgIpc) is 2.80. The summed E-state index contributed by atoms with van der Waals surface area (Å²) in [6.45, 7) is 3.12. The number of hydrogen-bond acceptors (Lipinski definition) is 5. The van der Waals surface area contributed by atoms with Crippen molar-refractivity contribution in [1.82, 2.24) is 15.1 Å². The molecular formula is C11H19N3O3. The first kappa shape index (κ1) is 13.7. The predicted molar refractivity (Wildman–Crippen MR) is 62.4 cm³/mol. The Labute approximate surface area is 101 Å². The van der Waals surface area contributed by atoms with Gasteiger partial charge < -0.3 is 15.2 Å². The van der Waals surface area contributed by atoms with Crippen LogP contribution in [-0.2, 0) is 16.1 Å². The lowest BCUT2D eigenvalue weighted by atomic mass is 10.1. The largest absolute Gasteiger partial charge is 0.467 e. The first-order chi connectivity index (χ1) is 8.06. The number of hydrogen-bond donors (Lipinski definition) is 2. The van der Waals surface area contributed by atoms with Gasteiger partial charge in [-0.2, -0.15) is 5.10 Å². The third-order valence-electron chi connectivity index (χ3n) is 2.39. The highest BCUT2D eigenvalue weighted by Crippen LogP contribution is 2.03. The highest BCUT2D eigenvalue weighted by atomic mass is 16.5. The second-order valence-corrected chi connectivity index (χ2v) is 4.06. The van der Waals surface area contributed by atoms with Crippen molar-refractivity contribution in [1.29, 1.82) is 0 Å². The van der Waals surface area contributed by atoms with Gasteiger partial charge in [-0.3, -0.25) is 4.68 Å². The molecule has 0 aliphatic carbocycles. The minimum absolute atomic E-state index is 0.179. The number of esters is 1. The zero-order chi connectivity index (χ0) is 12.7. The fraction of sp³-hybridized carbons (Fsp3) is 0.636. The van der Waals surface area contributed by atoms with Gasteiger partial charge in [0.05, 0.1) is 7.11 Å². The fourth-order valence-corrected chi connectivity index (χ4v) is 1.42. The van der Waals surface area contributed by atoms with Gasteiger partial charge in [0, 0.05) is 25.5 Å². The van der Waals surface area contributed by atoms with Crippen LogP contribution in [0.1, 0.15) is 13.3 Å². The number of nitrogens with one attached hydrogen (secondary N) is 1. The second-order valence-electron chi connectivity index (χ2n) is 4.06. The van der Waals surface area contributed by atoms with Crippen molar-refractivity contribution >= 4 is 5.97 Å². The van der Waals surface area contributed by atoms with Crippen molar-refractivity contribution in [2.24, 2.45) is 0 Å². The van der Waals surface area contributed by atoms with Crippen molar-refractivity contribution in [2.45, 2.75) is 25.5 Å². The van der Waals surface area contributed by atoms with E-state index in [1.165, 1.54) is 14.0 Å². The van der Waals surface area contributed by atoms with Gasteiger partial charge in [0.15, 0.2) is 5.60 Å². The third-order valence-corrected chi connectivity index (χ3v) is 2.39. The van der Waals surface area contributed by atoms with E-state index in [2.05, 4.69) is 15.2 Å². The average molecular weight is 241 g/mol. The van der Waals surface area contributed by atoms with E-state index < -0.39 is 11.6 Å². The molecule has 0 bridgehead atoms. The maximum Gasteiger partial charge on any atom is 0.338 e. The molecule has 0 aliphatic rings. The minimum atomic E-state index is -1.47. The summed E-state index contributed by atoms with van der Waals surface area (Å²) in [6, 6.07) is 1.87. The van der Waals surface area contributed by atoms with Crippen molar-refractivity contribution in [3.05, 3.63) is 18.5 Å². The van der Waals surface area contributed by atoms with Crippen molar-refractivity contribution in [3.8, 4) is 0 Å². The first-order valence-electron chi connectivity index (χ1n) is 5.55. The van der Waals surface area contributed by atoms with Crippen LogP contribution in [0.5, 0.6) is 0 Å². The lowest BCUT2D eigenvalue weighted by molar-refractivity contribution is -0.159. The number of carbonyl (C=O) groups is 1. The summed E-state index contributed by atoms with van der Waals surface area (Å²) in [5, 5.41) is 16.8. The van der Waals surface area contributed by atoms with Crippen LogP contribution in [0.4, 0.5) is 0 Å². The van der Waals surface area contributed by atoms with E-state index in [4.69, 9.17) is 0 Å². The van der Waals surface area contributed by atoms with Crippen LogP contribution in [0, 0.1) is 0 Å². The molecule has 0 saturated carbocycles. The van der Waals surface area contributed by atoms with Crippen LogP contribution in [0.3, 0.4) is 0 Å². The quantitative estimate of drug-likeness (QED) is 0.510. The molecule has 17 heavy (non-hydrogen) atoms. The van der Waals surface area contributed by atoms with E-state index in [-0.39, 0.29) is 6.54 Å². The molecule has 0 aromatic carbocycles. The molecule has 1 atom stereocenters. The van der Waals surface area contributed by atoms with Crippen LogP contribution in [0.2, 0.25) is 0 Å². The molecule has 96 valence electrons. The Morgan fingerprint density at radius 2 is 2.41 bits per heavy atom. The van der Waals surface area contributed by atoms with Crippen LogP contribution in [-0.4, -0.2) is 46.7 Å². The van der Waals surface area contributed by atoms with Gasteiger partial charge in [0.1, 0.15) is 0 Å². The molecule has 6 heteroatoms. The standard InChI is InChI=1S/C11H19N3O3/c1-11(16,10(15)17-2)9-12-5-3-7-14-8-4-6-13-14/h4,6,8,12,16H,3,5,7,9H2,1-2H3. The minimum Gasteiger partial charge on any atom is -0.467 e. The number of rotatable bonds is 7. The molecule has 1 rings (SSSR count). The summed E-state index contributed by atoms with van der Waals surface area (Å²) in [4.78, 5) is 11.2. The highest BCUT2D eigenvalue weighted by Gasteiger charge is 2.30. The summed E-state index contributed by atoms with van der Waals surface area (Å²) in [5.41, 5.74) is -1.47. The predicted octanol–water partition coefficient (Wildman–Crippen LogP) is -0.213. The molecule has 0 radical (unpaired) electrons. The molecule has 0 spiro atoms. The Balaban J connectivity index is 2.13. The summed E-state index contributed by atoms with van der Waals surface area (Å²) in [7, 11) is 1.26. The number of ether oxygens (including phenoxy) is 1. The van der Waals surface area contributed by atoms with E-state index in [0.29, 0.717) is 6.54 Å². The summed E-state index contributed by atoms with van der Waals surface area (Å²) < 4.78 is 6.32. The number of aliphatic hydroxyl groups is 1. The molecule has 0 amide bonds. The molecular weight excluding hydrogens is 222 g/mol. The second kappa shape index (κ2) is 6.36. The molecule has 2 N–H and O–H groups in total. The van der Waals surface area contributed by atoms with E-state index >= 15 is 0 Å². The molecule has 0 saturated heterocycles. The van der Waals surface area contributed by atoms with Crippen LogP contribution in [0.15, 0.2) is 18.5 Å². The van der Waals surface area contributed by atoms with Crippen LogP contribution < -0.4 is 5.32 Å². The van der Waals surface area contributed by atoms with Gasteiger partial charge >= 0.3 is 5.97 Å². The zero-order valence-electron chi connectivity index (χ0n) is 10.2. The van der Waals surface area contributed by atoms with Crippen LogP contribution >= 0.6 is 0 Å². The molecule has 1 aromatic rings. The Bertz CT molecular complexity index is 336. The molecule has 0 aliphatic heterocycles. The van der Waals surface area contributed by atoms with E-state index in [1.807, 2.05) is 16.9 Å². The van der Waals surface area contributed by atoms with Gasteiger partial charge in [0.25, 0.3) is 0 Å². The van der Waals surface area contributed by atoms with Gasteiger partial charge in [-0.1, -0.05) is 0 Å². The number of aryl methyl sites for hydroxylation is 1. The number of methoxy groups -OCH3 is 1. The molecule has 6 nitrogen and oxygen atoms in total. The molecule has 1 unspecified atom stereocenters. The number of nitrogens with zero attached hydrogens (tertiary/aromatic N) is 2. The van der Waals surface area contributed by atoms with E-state index in [0.717, 1.165) is 13.0 Å². The van der Waals surface area contributed by atoms with Gasteiger partial charge in [-0.25, -0.2) is 4.79 Å². The SMILES string of the molecule is COC(=O)C(C)(O)CNCCCn1cccn1. The van der Waals surface area contributed by atoms with Gasteiger partial charge in [-0.15, -0.1) is 0 Å². The van der Waals surface area contributed by atoms with Crippen LogP contribution in [0.25, 0.3) is 0 Å². The fourth-order valence-electron chi connectivity index (χ4n) is 1.42. The topological polar surface area (TPSA) is 76.4 Å². The third kappa shape index (κ3) is 4.54. The summed E-state index contributed by atoms with van der Waals surface area (Å²) >= 11 is 0. The Hall–Kier alpha value is -1.40. The zero-order valence-corrected chi connectivity index (χ0v) is 10.2. The first-order valence-corrected chi connectivity index (χ1v) is 5.55. The lowest BCUT2D eigenvalue weighted by Crippen LogP contribution is -2.45. The summed E-state index contributed by atoms with van der Waals surface area (Å²) in [5.74, 6) is -0.628. The van der Waals surface area contributed by atoms with Crippen molar-refractivity contribution in [3.63, 3.8) is 0 Å². The summed E-state index contributed by atoms with van der Waals surface area (Å²) in [6.07, 6.45) is 4.50. The molecule has 0 fully saturated rings. The Kier molecular flexibility index (Phi) is 5.11. The number of aromatic nitrogens is 2. The van der Waals surface area contributed by atoms with Gasteiger partial charge in [0.2, 0.25) is 0 Å². The van der Waals surface area contributed by atoms with E-state index in [1.54, 1.807) is 6.20 Å². The lowest BCUT2D eigenvalue weighted by Gasteiger charge is -2.20. The Morgan fingerprint density at radius 1 is 1.65 bits per heavy atom. The smallest absolute Gasteiger partial charge is 0.338 e. The normalized spacial score (nSPS) is 14.3. The van der Waals surface area contributed by atoms with E-state index in [9.17, 15) is 9.90 Å². The Morgan fingerprint density at radius 3 is 3.00 bits per heavy atom. The highest BCUT2D eigenvalue weighted by molar-refractivity contribution is 5.78. The van der Waals surface area contributed by atoms with Gasteiger partial charge in [-0.05, 0) is 26.0 Å². The monoisotopic (exact) mass is 241 g/mol. The molecule has 1 aromatic heterocycles.